The van der Waals surface area contributed by atoms with E-state index in [1.807, 2.05) is 12.3 Å². The van der Waals surface area contributed by atoms with Crippen molar-refractivity contribution in [3.63, 3.8) is 0 Å². The van der Waals surface area contributed by atoms with E-state index >= 15 is 0 Å². The Kier molecular flexibility index (Phi) is 3.99. The van der Waals surface area contributed by atoms with Gasteiger partial charge in [0.05, 0.1) is 12.8 Å². The Morgan fingerprint density at radius 2 is 2.22 bits per heavy atom. The van der Waals surface area contributed by atoms with Crippen LogP contribution in [0.4, 0.5) is 0 Å². The Balaban J connectivity index is 2.59. The third-order valence-corrected chi connectivity index (χ3v) is 4.15. The molecule has 3 nitrogen and oxygen atoms in total. The maximum absolute atomic E-state index is 5.27. The van der Waals surface area contributed by atoms with Crippen molar-refractivity contribution in [2.24, 2.45) is 0 Å². The van der Waals surface area contributed by atoms with Crippen molar-refractivity contribution in [3.05, 3.63) is 40.8 Å². The lowest BCUT2D eigenvalue weighted by Crippen LogP contribution is -2.46. The fourth-order valence-corrected chi connectivity index (χ4v) is 2.92. The number of thioether (sulfide) groups is 1. The molecule has 0 aliphatic carbocycles. The number of benzene rings is 1. The van der Waals surface area contributed by atoms with Gasteiger partial charge in [0.15, 0.2) is 0 Å². The highest BCUT2D eigenvalue weighted by atomic mass is 32.2. The molecule has 0 amide bonds. The average molecular weight is 262 g/mol. The van der Waals surface area contributed by atoms with E-state index in [1.165, 1.54) is 20.9 Å². The van der Waals surface area contributed by atoms with E-state index in [-0.39, 0.29) is 0 Å². The fraction of sp³-hybridized carbons (Fsp3) is 0.286. The number of hydrogen-bond donors (Lipinski definition) is 1. The summed E-state index contributed by atoms with van der Waals surface area (Å²) in [5, 5.41) is 4.11. The summed E-state index contributed by atoms with van der Waals surface area (Å²) in [5.74, 6) is 0.925. The third-order valence-electron chi connectivity index (χ3n) is 2.99. The molecule has 4 heteroatoms. The molecule has 0 atom stereocenters. The maximum atomic E-state index is 5.27. The van der Waals surface area contributed by atoms with Gasteiger partial charge in [-0.15, -0.1) is 18.3 Å². The molecule has 1 aliphatic heterocycles. The topological polar surface area (TPSA) is 24.5 Å². The monoisotopic (exact) mass is 262 g/mol. The first-order valence-electron chi connectivity index (χ1n) is 5.84. The van der Waals surface area contributed by atoms with Crippen LogP contribution >= 0.6 is 11.8 Å². The van der Waals surface area contributed by atoms with Gasteiger partial charge in [-0.2, -0.15) is 5.17 Å². The minimum Gasteiger partial charge on any atom is -0.281 e. The quantitative estimate of drug-likeness (QED) is 0.657. The summed E-state index contributed by atoms with van der Waals surface area (Å²) >= 11 is 1.81. The summed E-state index contributed by atoms with van der Waals surface area (Å²) in [6.45, 7) is 7.97. The summed E-state index contributed by atoms with van der Waals surface area (Å²) in [5.41, 5.74) is 5.46. The van der Waals surface area contributed by atoms with E-state index in [0.29, 0.717) is 0 Å². The second-order valence-electron chi connectivity index (χ2n) is 4.09. The molecule has 0 spiro atoms. The molecular weight excluding hydrogens is 244 g/mol. The molecule has 1 N–H and O–H groups in total. The van der Waals surface area contributed by atoms with Gasteiger partial charge in [-0.25, -0.2) is 0 Å². The fourth-order valence-electron chi connectivity index (χ4n) is 2.14. The minimum atomic E-state index is 0.925. The summed E-state index contributed by atoms with van der Waals surface area (Å²) in [7, 11) is 1.65. The van der Waals surface area contributed by atoms with E-state index < -0.39 is 0 Å². The molecule has 2 rings (SSSR count). The Morgan fingerprint density at radius 1 is 1.44 bits per heavy atom. The molecule has 96 valence electrons. The van der Waals surface area contributed by atoms with E-state index in [9.17, 15) is 0 Å². The van der Waals surface area contributed by atoms with Gasteiger partial charge in [0, 0.05) is 27.3 Å². The Hall–Kier alpha value is -1.39. The lowest BCUT2D eigenvalue weighted by atomic mass is 10.1. The minimum absolute atomic E-state index is 0.925. The Labute approximate surface area is 112 Å². The number of fused-ring (bicyclic) bond motifs is 1. The lowest BCUT2D eigenvalue weighted by Gasteiger charge is -2.25. The SMILES string of the molecule is C=CCSc1ccc2c(c1C)=C(C)N(OC)NC=2. The average Bonchev–Trinajstić information content (AvgIpc) is 2.38. The molecule has 0 unspecified atom stereocenters. The summed E-state index contributed by atoms with van der Waals surface area (Å²) in [6.07, 6.45) is 3.88. The summed E-state index contributed by atoms with van der Waals surface area (Å²) < 4.78 is 0. The van der Waals surface area contributed by atoms with Crippen LogP contribution in [0.1, 0.15) is 12.5 Å². The normalized spacial score (nSPS) is 13.7. The van der Waals surface area contributed by atoms with E-state index in [2.05, 4.69) is 38.0 Å². The van der Waals surface area contributed by atoms with Gasteiger partial charge in [-0.05, 0) is 25.5 Å². The third kappa shape index (κ3) is 2.26. The van der Waals surface area contributed by atoms with E-state index in [4.69, 9.17) is 4.84 Å². The van der Waals surface area contributed by atoms with Gasteiger partial charge in [0.1, 0.15) is 0 Å². The second kappa shape index (κ2) is 5.50. The van der Waals surface area contributed by atoms with Crippen molar-refractivity contribution in [2.75, 3.05) is 12.9 Å². The van der Waals surface area contributed by atoms with Gasteiger partial charge < -0.3 is 0 Å². The first kappa shape index (κ1) is 13.1. The highest BCUT2D eigenvalue weighted by Gasteiger charge is 2.12. The van der Waals surface area contributed by atoms with Crippen LogP contribution in [0.5, 0.6) is 0 Å². The molecule has 1 aliphatic rings. The van der Waals surface area contributed by atoms with Crippen LogP contribution in [0.25, 0.3) is 11.9 Å². The molecule has 1 aromatic rings. The molecule has 1 aromatic carbocycles. The highest BCUT2D eigenvalue weighted by Crippen LogP contribution is 2.19. The van der Waals surface area contributed by atoms with Crippen molar-refractivity contribution in [1.82, 2.24) is 10.6 Å². The van der Waals surface area contributed by atoms with Crippen molar-refractivity contribution in [3.8, 4) is 0 Å². The van der Waals surface area contributed by atoms with Crippen molar-refractivity contribution < 1.29 is 4.84 Å². The predicted molar refractivity (Wildman–Crippen MR) is 76.9 cm³/mol. The molecule has 0 bridgehead atoms. The van der Waals surface area contributed by atoms with Gasteiger partial charge in [-0.3, -0.25) is 10.3 Å². The predicted octanol–water partition coefficient (Wildman–Crippen LogP) is 1.52. The van der Waals surface area contributed by atoms with Crippen molar-refractivity contribution in [2.45, 2.75) is 18.7 Å². The number of hydrogen-bond acceptors (Lipinski definition) is 4. The molecule has 0 radical (unpaired) electrons. The Morgan fingerprint density at radius 3 is 2.89 bits per heavy atom. The second-order valence-corrected chi connectivity index (χ2v) is 5.15. The van der Waals surface area contributed by atoms with Crippen LogP contribution in [0.15, 0.2) is 29.7 Å². The number of rotatable bonds is 4. The van der Waals surface area contributed by atoms with Gasteiger partial charge >= 0.3 is 0 Å². The van der Waals surface area contributed by atoms with E-state index in [0.717, 1.165) is 11.4 Å². The Bertz CT molecular complexity index is 580. The molecule has 0 saturated carbocycles. The molecule has 0 fully saturated rings. The van der Waals surface area contributed by atoms with Crippen molar-refractivity contribution in [1.29, 1.82) is 0 Å². The van der Waals surface area contributed by atoms with Gasteiger partial charge in [-0.1, -0.05) is 12.1 Å². The standard InChI is InChI=1S/C14H18N2OS/c1-5-8-18-13-7-6-12-9-15-16(17-4)11(3)14(12)10(13)2/h5-7,9,15H,1,8H2,2-4H3. The number of hydrazine groups is 1. The smallest absolute Gasteiger partial charge is 0.0703 e. The van der Waals surface area contributed by atoms with E-state index in [1.54, 1.807) is 24.0 Å². The highest BCUT2D eigenvalue weighted by molar-refractivity contribution is 7.99. The lowest BCUT2D eigenvalue weighted by molar-refractivity contribution is -0.104. The molecule has 1 heterocycles. The number of nitrogens with zero attached hydrogens (tertiary/aromatic N) is 1. The molecule has 0 aromatic heterocycles. The van der Waals surface area contributed by atoms with Crippen LogP contribution in [0.3, 0.4) is 0 Å². The molecule has 0 saturated heterocycles. The molecule has 18 heavy (non-hydrogen) atoms. The van der Waals surface area contributed by atoms with Crippen LogP contribution in [-0.4, -0.2) is 18.0 Å². The van der Waals surface area contributed by atoms with Crippen LogP contribution < -0.4 is 15.9 Å². The van der Waals surface area contributed by atoms with Gasteiger partial charge in [0.2, 0.25) is 0 Å². The zero-order chi connectivity index (χ0) is 13.1. The summed E-state index contributed by atoms with van der Waals surface area (Å²) in [4.78, 5) is 6.56. The van der Waals surface area contributed by atoms with Crippen molar-refractivity contribution >= 4 is 23.7 Å². The maximum Gasteiger partial charge on any atom is 0.0703 e. The number of nitrogens with one attached hydrogen (secondary N) is 1. The zero-order valence-corrected chi connectivity index (χ0v) is 11.8. The van der Waals surface area contributed by atoms with Crippen LogP contribution in [0.2, 0.25) is 0 Å². The van der Waals surface area contributed by atoms with Crippen LogP contribution in [-0.2, 0) is 4.84 Å². The van der Waals surface area contributed by atoms with Crippen LogP contribution in [0, 0.1) is 6.92 Å². The van der Waals surface area contributed by atoms with Gasteiger partial charge in [0.25, 0.3) is 0 Å². The summed E-state index contributed by atoms with van der Waals surface area (Å²) in [6, 6.07) is 4.30. The largest absolute Gasteiger partial charge is 0.281 e. The number of hydroxylamine groups is 1. The molecular formula is C14H18N2OS. The zero-order valence-electron chi connectivity index (χ0n) is 11.0. The first-order chi connectivity index (χ1) is 8.69. The first-order valence-corrected chi connectivity index (χ1v) is 6.82.